The Balaban J connectivity index is 2.17. The molecule has 0 bridgehead atoms. The number of ether oxygens (including phenoxy) is 2. The van der Waals surface area contributed by atoms with Gasteiger partial charge < -0.3 is 55.4 Å². The Hall–Kier alpha value is -0.440. The van der Waals surface area contributed by atoms with E-state index in [1.54, 1.807) is 0 Å². The molecule has 148 valence electrons. The van der Waals surface area contributed by atoms with Gasteiger partial charge in [0.05, 0.1) is 31.5 Å². The van der Waals surface area contributed by atoms with Crippen LogP contribution in [0.25, 0.3) is 0 Å². The van der Waals surface area contributed by atoms with Crippen molar-refractivity contribution in [2.75, 3.05) is 13.2 Å². The van der Waals surface area contributed by atoms with Gasteiger partial charge in [-0.2, -0.15) is 0 Å². The van der Waals surface area contributed by atoms with Gasteiger partial charge in [-0.3, -0.25) is 0 Å². The van der Waals surface area contributed by atoms with Crippen molar-refractivity contribution in [1.82, 2.24) is 0 Å². The minimum absolute atomic E-state index is 0.365. The van der Waals surface area contributed by atoms with Gasteiger partial charge in [0.25, 0.3) is 0 Å². The highest BCUT2D eigenvalue weighted by Crippen LogP contribution is 2.31. The summed E-state index contributed by atoms with van der Waals surface area (Å²) in [5.74, 6) is -1.21. The van der Waals surface area contributed by atoms with Crippen LogP contribution in [0, 0.1) is 5.92 Å². The van der Waals surface area contributed by atoms with Crippen LogP contribution in [-0.2, 0) is 9.47 Å². The van der Waals surface area contributed by atoms with Crippen molar-refractivity contribution in [2.24, 2.45) is 5.92 Å². The molecule has 0 amide bonds. The van der Waals surface area contributed by atoms with Crippen molar-refractivity contribution in [3.05, 3.63) is 0 Å². The summed E-state index contributed by atoms with van der Waals surface area (Å²) < 4.78 is 10.6. The number of rotatable bonds is 4. The van der Waals surface area contributed by atoms with Gasteiger partial charge in [-0.1, -0.05) is 0 Å². The summed E-state index contributed by atoms with van der Waals surface area (Å²) in [4.78, 5) is 0. The molecule has 2 rings (SSSR count). The van der Waals surface area contributed by atoms with Crippen LogP contribution in [-0.4, -0.2) is 120 Å². The van der Waals surface area contributed by atoms with E-state index in [2.05, 4.69) is 0 Å². The van der Waals surface area contributed by atoms with E-state index in [1.165, 1.54) is 0 Å². The third-order valence-corrected chi connectivity index (χ3v) is 4.81. The fourth-order valence-corrected chi connectivity index (χ4v) is 3.19. The van der Waals surface area contributed by atoms with E-state index in [-0.39, 0.29) is 6.42 Å². The Kier molecular flexibility index (Phi) is 7.09. The fraction of sp³-hybridized carbons (Fsp3) is 1.00. The average Bonchev–Trinajstić information content (AvgIpc) is 2.68. The molecule has 0 aromatic heterocycles. The second-order valence-corrected chi connectivity index (χ2v) is 6.50. The van der Waals surface area contributed by atoms with Gasteiger partial charge in [0.2, 0.25) is 0 Å². The predicted octanol–water partition coefficient (Wildman–Crippen LogP) is -5.37. The maximum atomic E-state index is 10.2. The second kappa shape index (κ2) is 8.50. The Morgan fingerprint density at radius 1 is 0.720 bits per heavy atom. The first-order chi connectivity index (χ1) is 11.7. The molecular formula is C14H26O11. The normalized spacial score (nSPS) is 52.0. The molecule has 0 aromatic rings. The highest BCUT2D eigenvalue weighted by Gasteiger charge is 2.51. The molecule has 11 nitrogen and oxygen atoms in total. The summed E-state index contributed by atoms with van der Waals surface area (Å²) in [7, 11) is 0. The number of aliphatic hydroxyl groups excluding tert-OH is 9. The van der Waals surface area contributed by atoms with Gasteiger partial charge in [-0.25, -0.2) is 0 Å². The van der Waals surface area contributed by atoms with Crippen molar-refractivity contribution < 1.29 is 55.4 Å². The molecule has 1 saturated carbocycles. The van der Waals surface area contributed by atoms with Crippen LogP contribution in [0.4, 0.5) is 0 Å². The van der Waals surface area contributed by atoms with E-state index in [1.807, 2.05) is 0 Å². The zero-order chi connectivity index (χ0) is 18.9. The van der Waals surface area contributed by atoms with Gasteiger partial charge in [0.1, 0.15) is 36.6 Å². The van der Waals surface area contributed by atoms with Crippen molar-refractivity contribution in [2.45, 2.75) is 67.6 Å². The highest BCUT2D eigenvalue weighted by molar-refractivity contribution is 4.99. The molecule has 2 fully saturated rings. The van der Waals surface area contributed by atoms with Gasteiger partial charge in [-0.05, 0) is 0 Å². The van der Waals surface area contributed by atoms with E-state index < -0.39 is 80.4 Å². The Morgan fingerprint density at radius 2 is 1.36 bits per heavy atom. The largest absolute Gasteiger partial charge is 0.396 e. The van der Waals surface area contributed by atoms with E-state index in [0.717, 1.165) is 0 Å². The van der Waals surface area contributed by atoms with Gasteiger partial charge in [0, 0.05) is 12.3 Å². The third-order valence-electron chi connectivity index (χ3n) is 4.81. The Morgan fingerprint density at radius 3 is 1.92 bits per heavy atom. The lowest BCUT2D eigenvalue weighted by Gasteiger charge is -2.44. The van der Waals surface area contributed by atoms with Crippen LogP contribution in [0.5, 0.6) is 0 Å². The van der Waals surface area contributed by atoms with E-state index in [0.29, 0.717) is 0 Å². The highest BCUT2D eigenvalue weighted by atomic mass is 16.7. The molecule has 0 radical (unpaired) electrons. The summed E-state index contributed by atoms with van der Waals surface area (Å²) in [6, 6.07) is 0. The first-order valence-corrected chi connectivity index (χ1v) is 8.02. The van der Waals surface area contributed by atoms with Crippen molar-refractivity contribution in [3.63, 3.8) is 0 Å². The first-order valence-electron chi connectivity index (χ1n) is 8.02. The molecule has 1 saturated heterocycles. The fourth-order valence-electron chi connectivity index (χ4n) is 3.19. The molecule has 7 unspecified atom stereocenters. The minimum Gasteiger partial charge on any atom is -0.396 e. The summed E-state index contributed by atoms with van der Waals surface area (Å²) in [5, 5.41) is 88.0. The van der Waals surface area contributed by atoms with Gasteiger partial charge >= 0.3 is 0 Å². The third kappa shape index (κ3) is 4.12. The van der Waals surface area contributed by atoms with Crippen LogP contribution in [0.15, 0.2) is 0 Å². The van der Waals surface area contributed by atoms with Crippen LogP contribution in [0.2, 0.25) is 0 Å². The summed E-state index contributed by atoms with van der Waals surface area (Å²) in [6.45, 7) is -1.39. The van der Waals surface area contributed by atoms with Crippen molar-refractivity contribution >= 4 is 0 Å². The second-order valence-electron chi connectivity index (χ2n) is 6.50. The quantitative estimate of drug-likeness (QED) is 0.229. The molecule has 2 aliphatic rings. The molecule has 0 aromatic carbocycles. The number of hydrogen-bond acceptors (Lipinski definition) is 11. The molecule has 0 spiro atoms. The minimum atomic E-state index is -1.76. The molecule has 1 aliphatic carbocycles. The van der Waals surface area contributed by atoms with Gasteiger partial charge in [-0.15, -0.1) is 0 Å². The van der Waals surface area contributed by atoms with E-state index in [4.69, 9.17) is 9.47 Å². The smallest absolute Gasteiger partial charge is 0.184 e. The van der Waals surface area contributed by atoms with E-state index in [9.17, 15) is 46.0 Å². The SMILES string of the molecule is OCC1O[C@@H](O[C@@H]2C(O)C(O)[C@@H](O)C(CO)C2O)C(O)CC(O)[C@@H]1O. The molecule has 1 heterocycles. The summed E-state index contributed by atoms with van der Waals surface area (Å²) >= 11 is 0. The van der Waals surface area contributed by atoms with Crippen LogP contribution < -0.4 is 0 Å². The molecule has 11 atom stereocenters. The Bertz CT molecular complexity index is 424. The van der Waals surface area contributed by atoms with Gasteiger partial charge in [0.15, 0.2) is 6.29 Å². The maximum Gasteiger partial charge on any atom is 0.184 e. The first kappa shape index (κ1) is 20.9. The number of aliphatic hydroxyl groups is 9. The Labute approximate surface area is 143 Å². The van der Waals surface area contributed by atoms with Crippen molar-refractivity contribution in [1.29, 1.82) is 0 Å². The standard InChI is InChI=1S/C14H26O11/c15-2-4-8(19)11(22)12(23)13(9(4)20)25-14-6(18)1-5(17)10(21)7(3-16)24-14/h4-23H,1-3H2/t4?,5?,6?,7?,8-,9?,10-,11?,12?,13-,14-/m0/s1. The molecule has 25 heavy (non-hydrogen) atoms. The monoisotopic (exact) mass is 370 g/mol. The zero-order valence-electron chi connectivity index (χ0n) is 13.3. The number of hydrogen-bond donors (Lipinski definition) is 9. The van der Waals surface area contributed by atoms with Crippen LogP contribution in [0.1, 0.15) is 6.42 Å². The molecule has 9 N–H and O–H groups in total. The lowest BCUT2D eigenvalue weighted by atomic mass is 9.78. The maximum absolute atomic E-state index is 10.2. The van der Waals surface area contributed by atoms with Crippen LogP contribution >= 0.6 is 0 Å². The zero-order valence-corrected chi connectivity index (χ0v) is 13.3. The van der Waals surface area contributed by atoms with Crippen LogP contribution in [0.3, 0.4) is 0 Å². The van der Waals surface area contributed by atoms with Crippen molar-refractivity contribution in [3.8, 4) is 0 Å². The summed E-state index contributed by atoms with van der Waals surface area (Å²) in [5.41, 5.74) is 0. The molecular weight excluding hydrogens is 344 g/mol. The lowest BCUT2D eigenvalue weighted by molar-refractivity contribution is -0.297. The van der Waals surface area contributed by atoms with E-state index >= 15 is 0 Å². The predicted molar refractivity (Wildman–Crippen MR) is 77.9 cm³/mol. The topological polar surface area (TPSA) is 201 Å². The molecule has 11 heteroatoms. The average molecular weight is 370 g/mol. The summed E-state index contributed by atoms with van der Waals surface area (Å²) in [6.07, 6.45) is -15.8. The lowest BCUT2D eigenvalue weighted by Crippen LogP contribution is -2.63. The molecule has 1 aliphatic heterocycles.